The Balaban J connectivity index is 1.97. The molecule has 0 saturated heterocycles. The van der Waals surface area contributed by atoms with Crippen molar-refractivity contribution < 1.29 is 4.42 Å². The third-order valence-electron chi connectivity index (χ3n) is 2.84. The molecule has 2 heterocycles. The van der Waals surface area contributed by atoms with E-state index >= 15 is 0 Å². The zero-order chi connectivity index (χ0) is 14.8. The molecule has 0 saturated carbocycles. The molecule has 0 unspecified atom stereocenters. The number of rotatable bonds is 3. The first-order chi connectivity index (χ1) is 10.2. The fourth-order valence-electron chi connectivity index (χ4n) is 1.75. The van der Waals surface area contributed by atoms with Crippen LogP contribution in [0, 0.1) is 0 Å². The summed E-state index contributed by atoms with van der Waals surface area (Å²) in [6.07, 6.45) is 1.99. The molecule has 0 aliphatic heterocycles. The molecule has 102 valence electrons. The highest BCUT2D eigenvalue weighted by atomic mass is 79.9. The van der Waals surface area contributed by atoms with E-state index in [2.05, 4.69) is 36.1 Å². The van der Waals surface area contributed by atoms with Gasteiger partial charge in [-0.3, -0.25) is 0 Å². The smallest absolute Gasteiger partial charge is 0.270 e. The van der Waals surface area contributed by atoms with E-state index in [-0.39, 0.29) is 11.7 Å². The third-order valence-corrected chi connectivity index (χ3v) is 3.22. The fraction of sp³-hybridized carbons (Fsp3) is 0.0769. The number of benzene rings is 1. The minimum Gasteiger partial charge on any atom is -0.414 e. The summed E-state index contributed by atoms with van der Waals surface area (Å²) in [6, 6.07) is 7.56. The van der Waals surface area contributed by atoms with Crippen molar-refractivity contribution in [2.75, 3.05) is 5.73 Å². The van der Waals surface area contributed by atoms with Gasteiger partial charge in [0.1, 0.15) is 4.60 Å². The van der Waals surface area contributed by atoms with Gasteiger partial charge in [0.25, 0.3) is 5.89 Å². The second kappa shape index (κ2) is 5.65. The first kappa shape index (κ1) is 13.8. The number of nitrogens with two attached hydrogens (primary N) is 1. The Bertz CT molecular complexity index is 774. The molecule has 0 aliphatic carbocycles. The van der Waals surface area contributed by atoms with E-state index in [4.69, 9.17) is 18.0 Å². The van der Waals surface area contributed by atoms with Gasteiger partial charge in [-0.2, -0.15) is 0 Å². The fourth-order valence-corrected chi connectivity index (χ4v) is 2.03. The summed E-state index contributed by atoms with van der Waals surface area (Å²) in [5, 5.41) is 7.97. The molecule has 2 aromatic heterocycles. The molecule has 0 fully saturated rings. The lowest BCUT2D eigenvalue weighted by Crippen LogP contribution is -1.97. The Morgan fingerprint density at radius 1 is 1.14 bits per heavy atom. The molecule has 6 nitrogen and oxygen atoms in total. The molecule has 0 atom stereocenters. The van der Waals surface area contributed by atoms with Gasteiger partial charge in [-0.15, -0.1) is 10.2 Å². The van der Waals surface area contributed by atoms with Gasteiger partial charge in [0.2, 0.25) is 5.89 Å². The molecule has 0 amide bonds. The first-order valence-electron chi connectivity index (χ1n) is 6.08. The average molecular weight is 342 g/mol. The SMILES string of the molecule is [B]Cc1ccc(-c2nnc(-c3nc(Br)cnc3N)o2)cc1. The van der Waals surface area contributed by atoms with E-state index < -0.39 is 0 Å². The number of halogens is 1. The number of aromatic nitrogens is 4. The lowest BCUT2D eigenvalue weighted by Gasteiger charge is -1.99. The topological polar surface area (TPSA) is 90.7 Å². The molecular formula is C13H9BBrN5O. The highest BCUT2D eigenvalue weighted by Crippen LogP contribution is 2.26. The van der Waals surface area contributed by atoms with E-state index in [1.165, 1.54) is 6.20 Å². The summed E-state index contributed by atoms with van der Waals surface area (Å²) in [5.41, 5.74) is 7.95. The van der Waals surface area contributed by atoms with Gasteiger partial charge in [-0.1, -0.05) is 24.0 Å². The molecule has 2 radical (unpaired) electrons. The van der Waals surface area contributed by atoms with Crippen LogP contribution in [0.2, 0.25) is 0 Å². The average Bonchev–Trinajstić information content (AvgIpc) is 2.99. The number of hydrogen-bond acceptors (Lipinski definition) is 6. The molecule has 1 aromatic carbocycles. The molecule has 2 N–H and O–H groups in total. The number of nitrogen functional groups attached to an aromatic ring is 1. The molecule has 0 aliphatic rings. The second-order valence-electron chi connectivity index (χ2n) is 4.24. The highest BCUT2D eigenvalue weighted by Gasteiger charge is 2.15. The summed E-state index contributed by atoms with van der Waals surface area (Å²) >= 11 is 3.23. The van der Waals surface area contributed by atoms with Gasteiger partial charge in [-0.05, 0) is 28.1 Å². The second-order valence-corrected chi connectivity index (χ2v) is 5.05. The summed E-state index contributed by atoms with van der Waals surface area (Å²) in [7, 11) is 5.56. The minimum absolute atomic E-state index is 0.221. The predicted molar refractivity (Wildman–Crippen MR) is 82.3 cm³/mol. The number of nitrogens with zero attached hydrogens (tertiary/aromatic N) is 4. The maximum atomic E-state index is 5.77. The molecule has 0 spiro atoms. The normalized spacial score (nSPS) is 10.7. The van der Waals surface area contributed by atoms with Gasteiger partial charge in [-0.25, -0.2) is 9.97 Å². The largest absolute Gasteiger partial charge is 0.414 e. The van der Waals surface area contributed by atoms with Crippen LogP contribution in [0.3, 0.4) is 0 Å². The van der Waals surface area contributed by atoms with Crippen LogP contribution in [-0.4, -0.2) is 28.0 Å². The number of anilines is 1. The van der Waals surface area contributed by atoms with Crippen LogP contribution in [0.15, 0.2) is 39.5 Å². The van der Waals surface area contributed by atoms with E-state index in [0.29, 0.717) is 22.5 Å². The van der Waals surface area contributed by atoms with Gasteiger partial charge in [0, 0.05) is 5.56 Å². The molecule has 0 bridgehead atoms. The summed E-state index contributed by atoms with van der Waals surface area (Å²) in [6.45, 7) is 0. The van der Waals surface area contributed by atoms with E-state index in [9.17, 15) is 0 Å². The zero-order valence-electron chi connectivity index (χ0n) is 10.8. The van der Waals surface area contributed by atoms with E-state index in [1.807, 2.05) is 24.3 Å². The first-order valence-corrected chi connectivity index (χ1v) is 6.88. The van der Waals surface area contributed by atoms with Crippen molar-refractivity contribution in [3.63, 3.8) is 0 Å². The van der Waals surface area contributed by atoms with Crippen LogP contribution in [0.25, 0.3) is 23.0 Å². The van der Waals surface area contributed by atoms with Gasteiger partial charge >= 0.3 is 0 Å². The van der Waals surface area contributed by atoms with E-state index in [0.717, 1.165) is 11.1 Å². The minimum atomic E-state index is 0.221. The Hall–Kier alpha value is -2.22. The molecule has 3 aromatic rings. The van der Waals surface area contributed by atoms with Crippen LogP contribution in [0.4, 0.5) is 5.82 Å². The van der Waals surface area contributed by atoms with E-state index in [1.54, 1.807) is 0 Å². The maximum absolute atomic E-state index is 5.77. The van der Waals surface area contributed by atoms with Gasteiger partial charge in [0.05, 0.1) is 14.0 Å². The summed E-state index contributed by atoms with van der Waals surface area (Å²) in [5.74, 6) is 0.834. The summed E-state index contributed by atoms with van der Waals surface area (Å²) < 4.78 is 6.15. The molecular weight excluding hydrogens is 333 g/mol. The standard InChI is InChI=1S/C13H9BBrN5O/c14-5-7-1-3-8(4-2-7)12-19-20-13(21-12)10-11(16)17-6-9(15)18-10/h1-4,6H,5H2,(H2,16,17). The van der Waals surface area contributed by atoms with Crippen molar-refractivity contribution in [1.29, 1.82) is 0 Å². The van der Waals surface area contributed by atoms with Crippen LogP contribution in [0.1, 0.15) is 5.56 Å². The quantitative estimate of drug-likeness (QED) is 0.734. The Labute approximate surface area is 130 Å². The van der Waals surface area contributed by atoms with Crippen molar-refractivity contribution in [2.24, 2.45) is 0 Å². The van der Waals surface area contributed by atoms with Crippen molar-refractivity contribution >= 4 is 29.6 Å². The Morgan fingerprint density at radius 3 is 2.57 bits per heavy atom. The van der Waals surface area contributed by atoms with Crippen molar-refractivity contribution in [3.05, 3.63) is 40.6 Å². The van der Waals surface area contributed by atoms with Gasteiger partial charge < -0.3 is 10.2 Å². The predicted octanol–water partition coefficient (Wildman–Crippen LogP) is 2.21. The molecule has 21 heavy (non-hydrogen) atoms. The Kier molecular flexibility index (Phi) is 3.70. The van der Waals surface area contributed by atoms with Crippen LogP contribution < -0.4 is 5.73 Å². The Morgan fingerprint density at radius 2 is 1.86 bits per heavy atom. The third kappa shape index (κ3) is 2.80. The maximum Gasteiger partial charge on any atom is 0.270 e. The monoisotopic (exact) mass is 341 g/mol. The summed E-state index contributed by atoms with van der Waals surface area (Å²) in [4.78, 5) is 8.18. The van der Waals surface area contributed by atoms with Crippen molar-refractivity contribution in [2.45, 2.75) is 6.32 Å². The van der Waals surface area contributed by atoms with Crippen LogP contribution >= 0.6 is 15.9 Å². The number of hydrogen-bond donors (Lipinski definition) is 1. The van der Waals surface area contributed by atoms with Crippen LogP contribution in [-0.2, 0) is 6.32 Å². The zero-order valence-corrected chi connectivity index (χ0v) is 12.4. The van der Waals surface area contributed by atoms with Crippen molar-refractivity contribution in [3.8, 4) is 23.0 Å². The van der Waals surface area contributed by atoms with Crippen LogP contribution in [0.5, 0.6) is 0 Å². The lowest BCUT2D eigenvalue weighted by molar-refractivity contribution is 0.582. The lowest BCUT2D eigenvalue weighted by atomic mass is 9.96. The highest BCUT2D eigenvalue weighted by molar-refractivity contribution is 9.10. The molecule has 8 heteroatoms. The van der Waals surface area contributed by atoms with Gasteiger partial charge in [0.15, 0.2) is 11.5 Å². The van der Waals surface area contributed by atoms with Crippen molar-refractivity contribution in [1.82, 2.24) is 20.2 Å². The molecule has 3 rings (SSSR count).